The second kappa shape index (κ2) is 12.6. The summed E-state index contributed by atoms with van der Waals surface area (Å²) < 4.78 is 13.2. The molecule has 0 amide bonds. The SMILES string of the molecule is CCNC(=NCC(CO)c1ccccc1)NCCc1cccc(F)c1.I. The first kappa shape index (κ1) is 22.4. The van der Waals surface area contributed by atoms with Crippen molar-refractivity contribution in [3.8, 4) is 0 Å². The van der Waals surface area contributed by atoms with Crippen LogP contribution < -0.4 is 10.6 Å². The Hall–Kier alpha value is -1.67. The van der Waals surface area contributed by atoms with Crippen molar-refractivity contribution >= 4 is 29.9 Å². The molecule has 0 spiro atoms. The van der Waals surface area contributed by atoms with Gasteiger partial charge in [0.15, 0.2) is 5.96 Å². The van der Waals surface area contributed by atoms with Gasteiger partial charge in [0, 0.05) is 19.0 Å². The molecule has 2 rings (SSSR count). The molecule has 0 radical (unpaired) electrons. The monoisotopic (exact) mass is 471 g/mol. The van der Waals surface area contributed by atoms with Crippen molar-refractivity contribution in [3.05, 3.63) is 71.5 Å². The average molecular weight is 471 g/mol. The van der Waals surface area contributed by atoms with Gasteiger partial charge in [-0.05, 0) is 36.6 Å². The summed E-state index contributed by atoms with van der Waals surface area (Å²) in [5.41, 5.74) is 2.02. The standard InChI is InChI=1S/C20H26FN3O.HI/c1-2-22-20(23-12-11-16-7-6-10-19(21)13-16)24-14-18(15-25)17-8-4-3-5-9-17;/h3-10,13,18,25H,2,11-12,14-15H2,1H3,(H2,22,23,24);1H. The summed E-state index contributed by atoms with van der Waals surface area (Å²) in [6.07, 6.45) is 0.713. The van der Waals surface area contributed by atoms with E-state index in [0.717, 1.165) is 17.7 Å². The van der Waals surface area contributed by atoms with Crippen molar-refractivity contribution in [2.75, 3.05) is 26.2 Å². The first-order valence-electron chi connectivity index (χ1n) is 8.65. The van der Waals surface area contributed by atoms with Gasteiger partial charge in [-0.25, -0.2) is 4.39 Å². The summed E-state index contributed by atoms with van der Waals surface area (Å²) in [5, 5.41) is 16.1. The molecule has 0 aromatic heterocycles. The largest absolute Gasteiger partial charge is 0.396 e. The van der Waals surface area contributed by atoms with E-state index in [1.54, 1.807) is 12.1 Å². The summed E-state index contributed by atoms with van der Waals surface area (Å²) in [7, 11) is 0. The van der Waals surface area contributed by atoms with Gasteiger partial charge < -0.3 is 15.7 Å². The number of benzene rings is 2. The average Bonchev–Trinajstić information content (AvgIpc) is 2.63. The topological polar surface area (TPSA) is 56.7 Å². The third-order valence-electron chi connectivity index (χ3n) is 3.90. The molecule has 4 nitrogen and oxygen atoms in total. The molecule has 0 fully saturated rings. The van der Waals surface area contributed by atoms with Crippen LogP contribution in [0.5, 0.6) is 0 Å². The predicted molar refractivity (Wildman–Crippen MR) is 116 cm³/mol. The van der Waals surface area contributed by atoms with Crippen LogP contribution in [0.3, 0.4) is 0 Å². The maximum atomic E-state index is 13.2. The van der Waals surface area contributed by atoms with Gasteiger partial charge in [-0.1, -0.05) is 42.5 Å². The van der Waals surface area contributed by atoms with E-state index in [9.17, 15) is 9.50 Å². The highest BCUT2D eigenvalue weighted by molar-refractivity contribution is 14.0. The Morgan fingerprint density at radius 1 is 1.12 bits per heavy atom. The van der Waals surface area contributed by atoms with Crippen molar-refractivity contribution < 1.29 is 9.50 Å². The Balaban J connectivity index is 0.00000338. The van der Waals surface area contributed by atoms with Crippen LogP contribution in [-0.4, -0.2) is 37.3 Å². The Kier molecular flexibility index (Phi) is 10.9. The van der Waals surface area contributed by atoms with Crippen LogP contribution in [0.25, 0.3) is 0 Å². The van der Waals surface area contributed by atoms with E-state index < -0.39 is 0 Å². The molecule has 2 aromatic rings. The Labute approximate surface area is 172 Å². The molecule has 0 saturated carbocycles. The first-order valence-corrected chi connectivity index (χ1v) is 8.65. The fourth-order valence-electron chi connectivity index (χ4n) is 2.55. The zero-order valence-corrected chi connectivity index (χ0v) is 17.3. The van der Waals surface area contributed by atoms with Crippen molar-refractivity contribution in [2.24, 2.45) is 4.99 Å². The Bertz CT molecular complexity index is 667. The maximum Gasteiger partial charge on any atom is 0.191 e. The lowest BCUT2D eigenvalue weighted by atomic mass is 10.0. The second-order valence-electron chi connectivity index (χ2n) is 5.82. The van der Waals surface area contributed by atoms with Gasteiger partial charge in [-0.15, -0.1) is 24.0 Å². The van der Waals surface area contributed by atoms with Crippen molar-refractivity contribution in [1.29, 1.82) is 0 Å². The van der Waals surface area contributed by atoms with Gasteiger partial charge in [-0.2, -0.15) is 0 Å². The third-order valence-corrected chi connectivity index (χ3v) is 3.90. The van der Waals surface area contributed by atoms with Crippen LogP contribution in [0.15, 0.2) is 59.6 Å². The lowest BCUT2D eigenvalue weighted by Crippen LogP contribution is -2.38. The van der Waals surface area contributed by atoms with Crippen LogP contribution in [0, 0.1) is 5.82 Å². The van der Waals surface area contributed by atoms with Gasteiger partial charge in [0.05, 0.1) is 13.2 Å². The number of aliphatic imine (C=N–C) groups is 1. The third kappa shape index (κ3) is 7.70. The second-order valence-corrected chi connectivity index (χ2v) is 5.82. The van der Waals surface area contributed by atoms with Crippen molar-refractivity contribution in [2.45, 2.75) is 19.3 Å². The maximum absolute atomic E-state index is 13.2. The van der Waals surface area contributed by atoms with E-state index in [1.807, 2.05) is 43.3 Å². The number of aliphatic hydroxyl groups excluding tert-OH is 1. The zero-order valence-electron chi connectivity index (χ0n) is 15.0. The molecule has 3 N–H and O–H groups in total. The van der Waals surface area contributed by atoms with Crippen LogP contribution >= 0.6 is 24.0 Å². The molecule has 1 atom stereocenters. The molecule has 0 aliphatic carbocycles. The van der Waals surface area contributed by atoms with Crippen molar-refractivity contribution in [3.63, 3.8) is 0 Å². The van der Waals surface area contributed by atoms with E-state index in [-0.39, 0.29) is 42.3 Å². The lowest BCUT2D eigenvalue weighted by molar-refractivity contribution is 0.268. The van der Waals surface area contributed by atoms with Gasteiger partial charge in [-0.3, -0.25) is 4.99 Å². The highest BCUT2D eigenvalue weighted by Gasteiger charge is 2.09. The number of hydrogen-bond acceptors (Lipinski definition) is 2. The number of aliphatic hydroxyl groups is 1. The highest BCUT2D eigenvalue weighted by Crippen LogP contribution is 2.14. The summed E-state index contributed by atoms with van der Waals surface area (Å²) in [6, 6.07) is 16.5. The number of rotatable bonds is 8. The Morgan fingerprint density at radius 3 is 2.54 bits per heavy atom. The molecular weight excluding hydrogens is 444 g/mol. The minimum Gasteiger partial charge on any atom is -0.396 e. The highest BCUT2D eigenvalue weighted by atomic mass is 127. The predicted octanol–water partition coefficient (Wildman–Crippen LogP) is 3.32. The number of halogens is 2. The fraction of sp³-hybridized carbons (Fsp3) is 0.350. The molecule has 2 aromatic carbocycles. The first-order chi connectivity index (χ1) is 12.2. The normalized spacial score (nSPS) is 12.2. The van der Waals surface area contributed by atoms with E-state index in [4.69, 9.17) is 0 Å². The molecule has 0 saturated heterocycles. The van der Waals surface area contributed by atoms with Crippen LogP contribution in [0.1, 0.15) is 24.0 Å². The fourth-order valence-corrected chi connectivity index (χ4v) is 2.55. The van der Waals surface area contributed by atoms with Crippen LogP contribution in [0.4, 0.5) is 4.39 Å². The van der Waals surface area contributed by atoms with Gasteiger partial charge in [0.1, 0.15) is 5.82 Å². The number of guanidine groups is 1. The minimum atomic E-state index is -0.216. The van der Waals surface area contributed by atoms with E-state index in [1.165, 1.54) is 6.07 Å². The van der Waals surface area contributed by atoms with E-state index in [0.29, 0.717) is 25.5 Å². The molecular formula is C20H27FIN3O. The van der Waals surface area contributed by atoms with Crippen LogP contribution in [0.2, 0.25) is 0 Å². The molecule has 1 unspecified atom stereocenters. The molecule has 0 heterocycles. The summed E-state index contributed by atoms with van der Waals surface area (Å²) >= 11 is 0. The number of nitrogens with zero attached hydrogens (tertiary/aromatic N) is 1. The molecule has 142 valence electrons. The quantitative estimate of drug-likeness (QED) is 0.315. The minimum absolute atomic E-state index is 0. The Morgan fingerprint density at radius 2 is 1.88 bits per heavy atom. The molecule has 0 bridgehead atoms. The number of hydrogen-bond donors (Lipinski definition) is 3. The van der Waals surface area contributed by atoms with E-state index >= 15 is 0 Å². The van der Waals surface area contributed by atoms with Crippen LogP contribution in [-0.2, 0) is 6.42 Å². The van der Waals surface area contributed by atoms with Gasteiger partial charge in [0.25, 0.3) is 0 Å². The summed E-state index contributed by atoms with van der Waals surface area (Å²) in [6.45, 7) is 3.96. The smallest absolute Gasteiger partial charge is 0.191 e. The molecule has 6 heteroatoms. The molecule has 26 heavy (non-hydrogen) atoms. The number of nitrogens with one attached hydrogen (secondary N) is 2. The van der Waals surface area contributed by atoms with Gasteiger partial charge >= 0.3 is 0 Å². The zero-order chi connectivity index (χ0) is 17.9. The van der Waals surface area contributed by atoms with Crippen molar-refractivity contribution in [1.82, 2.24) is 10.6 Å². The molecule has 0 aliphatic rings. The van der Waals surface area contributed by atoms with Gasteiger partial charge in [0.2, 0.25) is 0 Å². The molecule has 0 aliphatic heterocycles. The van der Waals surface area contributed by atoms with E-state index in [2.05, 4.69) is 15.6 Å². The summed E-state index contributed by atoms with van der Waals surface area (Å²) in [4.78, 5) is 4.57. The lowest BCUT2D eigenvalue weighted by Gasteiger charge is -2.15. The summed E-state index contributed by atoms with van der Waals surface area (Å²) in [5.74, 6) is 0.458.